The first-order valence-electron chi connectivity index (χ1n) is 7.89. The number of aliphatic hydroxyl groups is 1. The van der Waals surface area contributed by atoms with Crippen molar-refractivity contribution in [3.63, 3.8) is 0 Å². The number of hydrogen-bond acceptors (Lipinski definition) is 3. The van der Waals surface area contributed by atoms with E-state index in [0.29, 0.717) is 11.5 Å². The molecule has 5 heteroatoms. The van der Waals surface area contributed by atoms with Crippen LogP contribution in [-0.2, 0) is 6.42 Å². The van der Waals surface area contributed by atoms with Gasteiger partial charge >= 0.3 is 0 Å². The number of aromatic nitrogens is 1. The molecule has 0 aliphatic heterocycles. The van der Waals surface area contributed by atoms with Gasteiger partial charge in [-0.25, -0.2) is 0 Å². The van der Waals surface area contributed by atoms with Crippen LogP contribution in [-0.4, -0.2) is 21.3 Å². The molecule has 1 aliphatic carbocycles. The molecule has 0 bridgehead atoms. The van der Waals surface area contributed by atoms with Crippen molar-refractivity contribution in [2.75, 3.05) is 5.32 Å². The van der Waals surface area contributed by atoms with Gasteiger partial charge in [0.2, 0.25) is 0 Å². The molecular formula is C19H17N3OS. The number of fused-ring (bicyclic) bond motifs is 2. The summed E-state index contributed by atoms with van der Waals surface area (Å²) in [6.07, 6.45) is 1.93. The zero-order valence-electron chi connectivity index (χ0n) is 12.9. The largest absolute Gasteiger partial charge is 0.390 e. The minimum atomic E-state index is -0.475. The van der Waals surface area contributed by atoms with Crippen LogP contribution >= 0.6 is 12.2 Å². The molecule has 4 rings (SSSR count). The Morgan fingerprint density at radius 1 is 1.12 bits per heavy atom. The lowest BCUT2D eigenvalue weighted by Gasteiger charge is -2.20. The standard InChI is InChI=1S/C19H17N3OS/c23-17-10-12-5-1-3-7-15(12)18(17)22-19(24)21-14-9-13-6-2-4-8-16(13)20-11-14/h1-9,11,17-18,23H,10H2,(H2,21,22,24)/t17-,18+/m0/s1. The SMILES string of the molecule is O[C@H]1Cc2ccccc2[C@H]1NC(=S)Nc1cnc2ccccc2c1. The molecule has 1 heterocycles. The maximum absolute atomic E-state index is 10.3. The Bertz CT molecular complexity index is 912. The van der Waals surface area contributed by atoms with Gasteiger partial charge in [0.25, 0.3) is 0 Å². The molecule has 0 saturated heterocycles. The second-order valence-corrected chi connectivity index (χ2v) is 6.37. The highest BCUT2D eigenvalue weighted by Gasteiger charge is 2.31. The van der Waals surface area contributed by atoms with Gasteiger partial charge in [-0.05, 0) is 35.5 Å². The van der Waals surface area contributed by atoms with Crippen molar-refractivity contribution >= 4 is 33.9 Å². The van der Waals surface area contributed by atoms with Crippen molar-refractivity contribution in [2.45, 2.75) is 18.6 Å². The normalized spacial score (nSPS) is 19.0. The lowest BCUT2D eigenvalue weighted by Crippen LogP contribution is -2.36. The summed E-state index contributed by atoms with van der Waals surface area (Å²) in [6.45, 7) is 0. The van der Waals surface area contributed by atoms with E-state index < -0.39 is 6.10 Å². The van der Waals surface area contributed by atoms with E-state index in [1.807, 2.05) is 54.6 Å². The van der Waals surface area contributed by atoms with Crippen LogP contribution in [0.15, 0.2) is 60.8 Å². The first-order valence-corrected chi connectivity index (χ1v) is 8.30. The van der Waals surface area contributed by atoms with Crippen LogP contribution in [0.1, 0.15) is 17.2 Å². The number of aliphatic hydroxyl groups excluding tert-OH is 1. The molecule has 2 aromatic carbocycles. The van der Waals surface area contributed by atoms with Crippen LogP contribution in [0, 0.1) is 0 Å². The molecule has 24 heavy (non-hydrogen) atoms. The van der Waals surface area contributed by atoms with E-state index in [9.17, 15) is 5.11 Å². The number of benzene rings is 2. The summed E-state index contributed by atoms with van der Waals surface area (Å²) in [5.74, 6) is 0. The Hall–Kier alpha value is -2.50. The zero-order valence-corrected chi connectivity index (χ0v) is 13.8. The van der Waals surface area contributed by atoms with Crippen LogP contribution in [0.2, 0.25) is 0 Å². The summed E-state index contributed by atoms with van der Waals surface area (Å²) < 4.78 is 0. The lowest BCUT2D eigenvalue weighted by atomic mass is 10.1. The first kappa shape index (κ1) is 15.1. The van der Waals surface area contributed by atoms with Gasteiger partial charge in [-0.1, -0.05) is 42.5 Å². The minimum Gasteiger partial charge on any atom is -0.390 e. The molecule has 0 spiro atoms. The molecule has 0 saturated carbocycles. The van der Waals surface area contributed by atoms with E-state index in [1.165, 1.54) is 0 Å². The monoisotopic (exact) mass is 335 g/mol. The Morgan fingerprint density at radius 2 is 1.92 bits per heavy atom. The summed E-state index contributed by atoms with van der Waals surface area (Å²) in [4.78, 5) is 4.42. The smallest absolute Gasteiger partial charge is 0.171 e. The lowest BCUT2D eigenvalue weighted by molar-refractivity contribution is 0.151. The molecular weight excluding hydrogens is 318 g/mol. The van der Waals surface area contributed by atoms with E-state index in [-0.39, 0.29) is 6.04 Å². The second kappa shape index (κ2) is 6.19. The predicted molar refractivity (Wildman–Crippen MR) is 100.0 cm³/mol. The van der Waals surface area contributed by atoms with Crippen LogP contribution in [0.4, 0.5) is 5.69 Å². The number of pyridine rings is 1. The first-order chi connectivity index (χ1) is 11.7. The highest BCUT2D eigenvalue weighted by Crippen LogP contribution is 2.31. The topological polar surface area (TPSA) is 57.2 Å². The molecule has 3 N–H and O–H groups in total. The van der Waals surface area contributed by atoms with Crippen molar-refractivity contribution < 1.29 is 5.11 Å². The third kappa shape index (κ3) is 2.84. The van der Waals surface area contributed by atoms with Crippen LogP contribution < -0.4 is 10.6 Å². The summed E-state index contributed by atoms with van der Waals surface area (Å²) in [5.41, 5.74) is 4.04. The summed E-state index contributed by atoms with van der Waals surface area (Å²) in [6, 6.07) is 17.8. The van der Waals surface area contributed by atoms with Crippen molar-refractivity contribution in [3.05, 3.63) is 71.9 Å². The molecule has 4 nitrogen and oxygen atoms in total. The highest BCUT2D eigenvalue weighted by atomic mass is 32.1. The van der Waals surface area contributed by atoms with Gasteiger partial charge in [0, 0.05) is 11.8 Å². The Balaban J connectivity index is 1.50. The number of anilines is 1. The van der Waals surface area contributed by atoms with Crippen LogP contribution in [0.3, 0.4) is 0 Å². The molecule has 1 aromatic heterocycles. The summed E-state index contributed by atoms with van der Waals surface area (Å²) in [7, 11) is 0. The van der Waals surface area contributed by atoms with Crippen molar-refractivity contribution in [3.8, 4) is 0 Å². The molecule has 0 radical (unpaired) electrons. The van der Waals surface area contributed by atoms with Crippen LogP contribution in [0.5, 0.6) is 0 Å². The van der Waals surface area contributed by atoms with Gasteiger partial charge in [-0.2, -0.15) is 0 Å². The maximum Gasteiger partial charge on any atom is 0.171 e. The van der Waals surface area contributed by atoms with Gasteiger partial charge in [0.05, 0.1) is 29.5 Å². The Morgan fingerprint density at radius 3 is 2.83 bits per heavy atom. The highest BCUT2D eigenvalue weighted by molar-refractivity contribution is 7.80. The zero-order chi connectivity index (χ0) is 16.5. The van der Waals surface area contributed by atoms with E-state index in [4.69, 9.17) is 12.2 Å². The van der Waals surface area contributed by atoms with Crippen molar-refractivity contribution in [1.82, 2.24) is 10.3 Å². The Kier molecular flexibility index (Phi) is 3.88. The molecule has 0 unspecified atom stereocenters. The fourth-order valence-electron chi connectivity index (χ4n) is 3.20. The average molecular weight is 335 g/mol. The van der Waals surface area contributed by atoms with Gasteiger partial charge in [-0.3, -0.25) is 4.98 Å². The summed E-state index contributed by atoms with van der Waals surface area (Å²) in [5, 5.41) is 18.2. The van der Waals surface area contributed by atoms with E-state index in [1.54, 1.807) is 6.20 Å². The summed E-state index contributed by atoms with van der Waals surface area (Å²) >= 11 is 5.42. The molecule has 3 aromatic rings. The van der Waals surface area contributed by atoms with Gasteiger partial charge < -0.3 is 15.7 Å². The third-order valence-electron chi connectivity index (χ3n) is 4.34. The predicted octanol–water partition coefficient (Wildman–Crippen LogP) is 3.18. The van der Waals surface area contributed by atoms with Crippen molar-refractivity contribution in [1.29, 1.82) is 0 Å². The average Bonchev–Trinajstić information content (AvgIpc) is 2.90. The number of hydrogen-bond donors (Lipinski definition) is 3. The van der Waals surface area contributed by atoms with Crippen molar-refractivity contribution in [2.24, 2.45) is 0 Å². The Labute approximate surface area is 145 Å². The number of para-hydroxylation sites is 1. The van der Waals surface area contributed by atoms with E-state index in [2.05, 4.69) is 15.6 Å². The quantitative estimate of drug-likeness (QED) is 0.628. The fraction of sp³-hybridized carbons (Fsp3) is 0.158. The van der Waals surface area contributed by atoms with E-state index >= 15 is 0 Å². The molecule has 1 aliphatic rings. The second-order valence-electron chi connectivity index (χ2n) is 5.96. The number of rotatable bonds is 2. The van der Waals surface area contributed by atoms with Crippen LogP contribution in [0.25, 0.3) is 10.9 Å². The minimum absolute atomic E-state index is 0.186. The third-order valence-corrected chi connectivity index (χ3v) is 4.56. The number of thiocarbonyl (C=S) groups is 1. The molecule has 0 fully saturated rings. The molecule has 2 atom stereocenters. The van der Waals surface area contributed by atoms with Gasteiger partial charge in [0.15, 0.2) is 5.11 Å². The van der Waals surface area contributed by atoms with E-state index in [0.717, 1.165) is 27.7 Å². The fourth-order valence-corrected chi connectivity index (χ4v) is 3.44. The van der Waals surface area contributed by atoms with Gasteiger partial charge in [-0.15, -0.1) is 0 Å². The maximum atomic E-state index is 10.3. The molecule has 120 valence electrons. The number of nitrogens with one attached hydrogen (secondary N) is 2. The molecule has 0 amide bonds. The van der Waals surface area contributed by atoms with Gasteiger partial charge in [0.1, 0.15) is 0 Å². The number of nitrogens with zero attached hydrogens (tertiary/aromatic N) is 1.